The Hall–Kier alpha value is -2.36. The fourth-order valence-electron chi connectivity index (χ4n) is 3.19. The first-order chi connectivity index (χ1) is 13.7. The fourth-order valence-corrected chi connectivity index (χ4v) is 5.11. The first kappa shape index (κ1) is 21.4. The maximum absolute atomic E-state index is 12.8. The third-order valence-corrected chi connectivity index (χ3v) is 7.13. The predicted molar refractivity (Wildman–Crippen MR) is 107 cm³/mol. The van der Waals surface area contributed by atoms with Crippen molar-refractivity contribution >= 4 is 33.4 Å². The second kappa shape index (κ2) is 8.56. The number of aryl methyl sites for hydroxylation is 2. The Balaban J connectivity index is 1.55. The number of hydrogen-bond acceptors (Lipinski definition) is 5. The molecule has 1 N–H and O–H groups in total. The molecular weight excluding hydrogens is 418 g/mol. The van der Waals surface area contributed by atoms with Crippen molar-refractivity contribution < 1.29 is 22.4 Å². The predicted octanol–water partition coefficient (Wildman–Crippen LogP) is 1.81. The number of nitrogens with one attached hydrogen (secondary N) is 1. The molecule has 1 aliphatic rings. The van der Waals surface area contributed by atoms with Crippen molar-refractivity contribution in [1.82, 2.24) is 14.5 Å². The standard InChI is InChI=1S/C19H22ClN3O5S/c1-13-11-15(14(2)28-13)19(25)21-12-18(24)22-7-9-23(10-8-22)29(26,27)17-6-4-3-5-16(17)20/h3-6,11H,7-10,12H2,1-2H3,(H,21,25). The summed E-state index contributed by atoms with van der Waals surface area (Å²) in [6, 6.07) is 7.89. The second-order valence-corrected chi connectivity index (χ2v) is 9.04. The number of halogens is 1. The molecule has 10 heteroatoms. The summed E-state index contributed by atoms with van der Waals surface area (Å²) in [5.41, 5.74) is 0.394. The van der Waals surface area contributed by atoms with Gasteiger partial charge in [0.15, 0.2) is 0 Å². The Labute approximate surface area is 174 Å². The van der Waals surface area contributed by atoms with Crippen LogP contribution in [0.15, 0.2) is 39.6 Å². The lowest BCUT2D eigenvalue weighted by molar-refractivity contribution is -0.131. The molecule has 29 heavy (non-hydrogen) atoms. The van der Waals surface area contributed by atoms with E-state index in [1.54, 1.807) is 32.0 Å². The number of piperazine rings is 1. The van der Waals surface area contributed by atoms with Gasteiger partial charge in [-0.05, 0) is 32.0 Å². The molecular formula is C19H22ClN3O5S. The van der Waals surface area contributed by atoms with E-state index < -0.39 is 10.0 Å². The molecule has 1 aliphatic heterocycles. The normalized spacial score (nSPS) is 15.3. The monoisotopic (exact) mass is 439 g/mol. The Morgan fingerprint density at radius 3 is 2.38 bits per heavy atom. The van der Waals surface area contributed by atoms with Gasteiger partial charge < -0.3 is 14.6 Å². The van der Waals surface area contributed by atoms with Crippen molar-refractivity contribution in [1.29, 1.82) is 0 Å². The summed E-state index contributed by atoms with van der Waals surface area (Å²) >= 11 is 6.02. The highest BCUT2D eigenvalue weighted by molar-refractivity contribution is 7.89. The molecule has 1 aromatic heterocycles. The van der Waals surface area contributed by atoms with Gasteiger partial charge in [0.05, 0.1) is 17.1 Å². The summed E-state index contributed by atoms with van der Waals surface area (Å²) in [4.78, 5) is 26.2. The largest absolute Gasteiger partial charge is 0.466 e. The average Bonchev–Trinajstić information content (AvgIpc) is 3.04. The minimum absolute atomic E-state index is 0.0551. The average molecular weight is 440 g/mol. The summed E-state index contributed by atoms with van der Waals surface area (Å²) in [5.74, 6) is 0.458. The summed E-state index contributed by atoms with van der Waals surface area (Å²) in [6.45, 7) is 4.05. The molecule has 0 unspecified atom stereocenters. The molecule has 1 saturated heterocycles. The van der Waals surface area contributed by atoms with Crippen LogP contribution in [0.4, 0.5) is 0 Å². The van der Waals surface area contributed by atoms with Crippen LogP contribution >= 0.6 is 11.6 Å². The zero-order valence-corrected chi connectivity index (χ0v) is 17.7. The maximum Gasteiger partial charge on any atom is 0.255 e. The zero-order valence-electron chi connectivity index (χ0n) is 16.1. The van der Waals surface area contributed by atoms with Gasteiger partial charge in [0.25, 0.3) is 5.91 Å². The van der Waals surface area contributed by atoms with E-state index in [4.69, 9.17) is 16.0 Å². The topological polar surface area (TPSA) is 99.9 Å². The van der Waals surface area contributed by atoms with E-state index in [1.807, 2.05) is 0 Å². The van der Waals surface area contributed by atoms with Gasteiger partial charge in [-0.3, -0.25) is 9.59 Å². The fraction of sp³-hybridized carbons (Fsp3) is 0.368. The van der Waals surface area contributed by atoms with Crippen LogP contribution in [0.1, 0.15) is 21.9 Å². The van der Waals surface area contributed by atoms with Gasteiger partial charge in [0, 0.05) is 26.2 Å². The number of hydrogen-bond donors (Lipinski definition) is 1. The van der Waals surface area contributed by atoms with Crippen LogP contribution in [0, 0.1) is 13.8 Å². The van der Waals surface area contributed by atoms with Crippen molar-refractivity contribution in [3.63, 3.8) is 0 Å². The molecule has 8 nitrogen and oxygen atoms in total. The van der Waals surface area contributed by atoms with Crippen LogP contribution in [-0.4, -0.2) is 62.2 Å². The van der Waals surface area contributed by atoms with Crippen molar-refractivity contribution in [2.24, 2.45) is 0 Å². The van der Waals surface area contributed by atoms with Crippen molar-refractivity contribution in [3.05, 3.63) is 52.4 Å². The summed E-state index contributed by atoms with van der Waals surface area (Å²) in [6.07, 6.45) is 0. The summed E-state index contributed by atoms with van der Waals surface area (Å²) in [7, 11) is -3.72. The van der Waals surface area contributed by atoms with Crippen LogP contribution < -0.4 is 5.32 Å². The molecule has 2 amide bonds. The Morgan fingerprint density at radius 1 is 1.14 bits per heavy atom. The summed E-state index contributed by atoms with van der Waals surface area (Å²) < 4.78 is 32.2. The molecule has 2 heterocycles. The van der Waals surface area contributed by atoms with Gasteiger partial charge in [-0.1, -0.05) is 23.7 Å². The van der Waals surface area contributed by atoms with Gasteiger partial charge in [0.1, 0.15) is 16.4 Å². The minimum Gasteiger partial charge on any atom is -0.466 e. The maximum atomic E-state index is 12.8. The number of sulfonamides is 1. The Kier molecular flexibility index (Phi) is 6.30. The highest BCUT2D eigenvalue weighted by atomic mass is 35.5. The van der Waals surface area contributed by atoms with Gasteiger partial charge in [-0.15, -0.1) is 0 Å². The van der Waals surface area contributed by atoms with Crippen LogP contribution in [0.3, 0.4) is 0 Å². The highest BCUT2D eigenvalue weighted by Crippen LogP contribution is 2.25. The third kappa shape index (κ3) is 4.63. The van der Waals surface area contributed by atoms with E-state index >= 15 is 0 Å². The quantitative estimate of drug-likeness (QED) is 0.765. The lowest BCUT2D eigenvalue weighted by Crippen LogP contribution is -2.52. The van der Waals surface area contributed by atoms with Gasteiger partial charge in [0.2, 0.25) is 15.9 Å². The molecule has 1 fully saturated rings. The molecule has 0 atom stereocenters. The van der Waals surface area contributed by atoms with Crippen LogP contribution in [0.25, 0.3) is 0 Å². The van der Waals surface area contributed by atoms with Crippen LogP contribution in [0.2, 0.25) is 5.02 Å². The lowest BCUT2D eigenvalue weighted by Gasteiger charge is -2.34. The van der Waals surface area contributed by atoms with E-state index in [0.29, 0.717) is 17.1 Å². The summed E-state index contributed by atoms with van der Waals surface area (Å²) in [5, 5.41) is 2.75. The first-order valence-corrected chi connectivity index (χ1v) is 10.9. The SMILES string of the molecule is Cc1cc(C(=O)NCC(=O)N2CCN(S(=O)(=O)c3ccccc3Cl)CC2)c(C)o1. The molecule has 3 rings (SSSR count). The van der Waals surface area contributed by atoms with Crippen molar-refractivity contribution in [2.75, 3.05) is 32.7 Å². The number of furan rings is 1. The highest BCUT2D eigenvalue weighted by Gasteiger charge is 2.31. The molecule has 2 aromatic rings. The van der Waals surface area contributed by atoms with E-state index in [2.05, 4.69) is 5.32 Å². The van der Waals surface area contributed by atoms with Crippen LogP contribution in [0.5, 0.6) is 0 Å². The van der Waals surface area contributed by atoms with Gasteiger partial charge >= 0.3 is 0 Å². The van der Waals surface area contributed by atoms with E-state index in [0.717, 1.165) is 0 Å². The van der Waals surface area contributed by atoms with Crippen LogP contribution in [-0.2, 0) is 14.8 Å². The molecule has 0 aliphatic carbocycles. The van der Waals surface area contributed by atoms with E-state index in [-0.39, 0.29) is 54.5 Å². The zero-order chi connectivity index (χ0) is 21.2. The number of amides is 2. The smallest absolute Gasteiger partial charge is 0.255 e. The first-order valence-electron chi connectivity index (χ1n) is 9.08. The van der Waals surface area contributed by atoms with Gasteiger partial charge in [-0.2, -0.15) is 4.31 Å². The van der Waals surface area contributed by atoms with Crippen molar-refractivity contribution in [3.8, 4) is 0 Å². The van der Waals surface area contributed by atoms with Gasteiger partial charge in [-0.25, -0.2) is 8.42 Å². The van der Waals surface area contributed by atoms with Crippen molar-refractivity contribution in [2.45, 2.75) is 18.7 Å². The molecule has 0 radical (unpaired) electrons. The molecule has 0 saturated carbocycles. The number of nitrogens with zero attached hydrogens (tertiary/aromatic N) is 2. The number of carbonyl (C=O) groups excluding carboxylic acids is 2. The number of benzene rings is 1. The number of rotatable bonds is 5. The lowest BCUT2D eigenvalue weighted by atomic mass is 10.2. The second-order valence-electron chi connectivity index (χ2n) is 6.72. The Bertz CT molecular complexity index is 1030. The Morgan fingerprint density at radius 2 is 1.79 bits per heavy atom. The minimum atomic E-state index is -3.72. The third-order valence-electron chi connectivity index (χ3n) is 4.73. The molecule has 1 aromatic carbocycles. The van der Waals surface area contributed by atoms with E-state index in [9.17, 15) is 18.0 Å². The molecule has 156 valence electrons. The van der Waals surface area contributed by atoms with E-state index in [1.165, 1.54) is 21.3 Å². The number of carbonyl (C=O) groups is 2. The molecule has 0 spiro atoms. The molecule has 0 bridgehead atoms.